The molecule has 0 unspecified atom stereocenters. The zero-order valence-corrected chi connectivity index (χ0v) is 27.4. The molecule has 41 heavy (non-hydrogen) atoms. The van der Waals surface area contributed by atoms with Crippen molar-refractivity contribution in [3.63, 3.8) is 0 Å². The number of halogens is 1. The van der Waals surface area contributed by atoms with E-state index in [4.69, 9.17) is 19.9 Å². The Morgan fingerprint density at radius 1 is 0.927 bits per heavy atom. The molecule has 0 saturated heterocycles. The Hall–Kier alpha value is -2.07. The molecule has 0 heterocycles. The quantitative estimate of drug-likeness (QED) is 0.176. The van der Waals surface area contributed by atoms with E-state index in [1.54, 1.807) is 21.3 Å². The molecule has 1 aromatic carbocycles. The molecule has 0 radical (unpaired) electrons. The highest BCUT2D eigenvalue weighted by atomic mass is 35.5. The van der Waals surface area contributed by atoms with Crippen molar-refractivity contribution in [3.8, 4) is 11.5 Å². The molecule has 0 fully saturated rings. The van der Waals surface area contributed by atoms with E-state index in [0.29, 0.717) is 37.1 Å². The Balaban J connectivity index is 0.0000160. The fourth-order valence-corrected chi connectivity index (χ4v) is 4.81. The number of aliphatic hydroxyl groups excluding tert-OH is 1. The number of aliphatic hydroxyl groups is 1. The van der Waals surface area contributed by atoms with Crippen LogP contribution >= 0.6 is 12.4 Å². The predicted molar refractivity (Wildman–Crippen MR) is 167 cm³/mol. The third-order valence-corrected chi connectivity index (χ3v) is 7.62. The summed E-state index contributed by atoms with van der Waals surface area (Å²) in [5, 5.41) is 16.6. The molecule has 238 valence electrons. The maximum Gasteiger partial charge on any atom is 0.242 e. The van der Waals surface area contributed by atoms with Gasteiger partial charge in [-0.05, 0) is 60.6 Å². The molecule has 2 amide bonds. The molecule has 0 aliphatic carbocycles. The number of likely N-dealkylation sites (N-methyl/N-ethyl adjacent to an activating group) is 1. The minimum atomic E-state index is -0.854. The minimum absolute atomic E-state index is 0. The van der Waals surface area contributed by atoms with Crippen LogP contribution in [0.4, 0.5) is 0 Å². The normalized spacial score (nSPS) is 15.1. The molecule has 0 saturated carbocycles. The summed E-state index contributed by atoms with van der Waals surface area (Å²) in [4.78, 5) is 25.4. The lowest BCUT2D eigenvalue weighted by molar-refractivity contribution is -0.133. The van der Waals surface area contributed by atoms with Crippen LogP contribution in [0, 0.1) is 29.6 Å². The van der Waals surface area contributed by atoms with Crippen LogP contribution in [0.1, 0.15) is 66.4 Å². The van der Waals surface area contributed by atoms with Crippen molar-refractivity contribution in [2.75, 3.05) is 34.5 Å². The molecule has 0 aromatic heterocycles. The zero-order valence-electron chi connectivity index (χ0n) is 26.6. The first-order valence-corrected chi connectivity index (χ1v) is 14.6. The predicted octanol–water partition coefficient (Wildman–Crippen LogP) is 3.97. The summed E-state index contributed by atoms with van der Waals surface area (Å²) in [6.45, 7) is 13.1. The van der Waals surface area contributed by atoms with Crippen molar-refractivity contribution in [1.29, 1.82) is 0 Å². The highest BCUT2D eigenvalue weighted by molar-refractivity contribution is 5.88. The van der Waals surface area contributed by atoms with Gasteiger partial charge in [0.25, 0.3) is 0 Å². The molecule has 1 aromatic rings. The molecule has 5 N–H and O–H groups in total. The van der Waals surface area contributed by atoms with Gasteiger partial charge in [-0.15, -0.1) is 12.4 Å². The number of amides is 2. The summed E-state index contributed by atoms with van der Waals surface area (Å²) in [5.41, 5.74) is 7.65. The minimum Gasteiger partial charge on any atom is -0.493 e. The first-order chi connectivity index (χ1) is 18.9. The van der Waals surface area contributed by atoms with Gasteiger partial charge in [0.1, 0.15) is 6.04 Å². The number of ether oxygens (including phenoxy) is 3. The maximum atomic E-state index is 13.2. The molecule has 10 heteroatoms. The van der Waals surface area contributed by atoms with Crippen LogP contribution in [0.5, 0.6) is 11.5 Å². The second-order valence-corrected chi connectivity index (χ2v) is 11.8. The Labute approximate surface area is 254 Å². The van der Waals surface area contributed by atoms with Gasteiger partial charge in [0.15, 0.2) is 11.5 Å². The summed E-state index contributed by atoms with van der Waals surface area (Å²) in [6, 6.07) is 4.84. The van der Waals surface area contributed by atoms with E-state index in [2.05, 4.69) is 24.5 Å². The number of hydrogen-bond donors (Lipinski definition) is 4. The second-order valence-electron chi connectivity index (χ2n) is 11.8. The van der Waals surface area contributed by atoms with E-state index < -0.39 is 24.1 Å². The fourth-order valence-electron chi connectivity index (χ4n) is 4.81. The average molecular weight is 602 g/mol. The summed E-state index contributed by atoms with van der Waals surface area (Å²) in [5.74, 6) is 0.897. The maximum absolute atomic E-state index is 13.2. The van der Waals surface area contributed by atoms with E-state index in [0.717, 1.165) is 18.4 Å². The number of carbonyl (C=O) groups is 2. The fraction of sp³-hybridized carbons (Fsp3) is 0.742. The standard InChI is InChI=1S/C31H55N3O6.ClH/c1-19(2)23(15-22-11-12-27(39-9)28(16-22)40-14-10-13-38-8)17-25(32)26(35)18-24(20(3)4)30(36)34-29(21(5)6)31(37)33-7;/h11-12,16,19-21,23-26,29,35H,10,13-15,17-18,32H2,1-9H3,(H,33,37)(H,34,36);1H/t23-,24-,25-,26-,29-;/m0./s1. The number of nitrogens with two attached hydrogens (primary N) is 1. The molecule has 0 aliphatic rings. The second kappa shape index (κ2) is 19.9. The van der Waals surface area contributed by atoms with Crippen LogP contribution < -0.4 is 25.8 Å². The van der Waals surface area contributed by atoms with E-state index in [1.165, 1.54) is 0 Å². The number of benzene rings is 1. The Bertz CT molecular complexity index is 899. The SMILES string of the molecule is CNC(=O)[C@@H](NC(=O)[C@@H](C[C@H](O)[C@@H](N)C[C@H](Cc1ccc(OC)c(OCCCOC)c1)C(C)C)C(C)C)C(C)C.Cl. The van der Waals surface area contributed by atoms with Gasteiger partial charge in [-0.2, -0.15) is 0 Å². The van der Waals surface area contributed by atoms with Crippen molar-refractivity contribution in [1.82, 2.24) is 10.6 Å². The molecule has 0 bridgehead atoms. The lowest BCUT2D eigenvalue weighted by Crippen LogP contribution is -2.52. The molecular weight excluding hydrogens is 546 g/mol. The van der Waals surface area contributed by atoms with Gasteiger partial charge < -0.3 is 35.7 Å². The van der Waals surface area contributed by atoms with E-state index in [9.17, 15) is 14.7 Å². The van der Waals surface area contributed by atoms with Crippen molar-refractivity contribution in [2.24, 2.45) is 35.3 Å². The average Bonchev–Trinajstić information content (AvgIpc) is 2.91. The lowest BCUT2D eigenvalue weighted by Gasteiger charge is -2.31. The van der Waals surface area contributed by atoms with Crippen LogP contribution in [0.2, 0.25) is 0 Å². The summed E-state index contributed by atoms with van der Waals surface area (Å²) < 4.78 is 16.5. The Morgan fingerprint density at radius 3 is 2.10 bits per heavy atom. The van der Waals surface area contributed by atoms with Gasteiger partial charge in [-0.3, -0.25) is 9.59 Å². The number of hydrogen-bond acceptors (Lipinski definition) is 7. The van der Waals surface area contributed by atoms with Gasteiger partial charge in [0, 0.05) is 39.1 Å². The summed E-state index contributed by atoms with van der Waals surface area (Å²) in [7, 11) is 4.85. The lowest BCUT2D eigenvalue weighted by atomic mass is 9.80. The summed E-state index contributed by atoms with van der Waals surface area (Å²) >= 11 is 0. The van der Waals surface area contributed by atoms with Crippen LogP contribution in [-0.4, -0.2) is 69.6 Å². The monoisotopic (exact) mass is 601 g/mol. The van der Waals surface area contributed by atoms with Gasteiger partial charge >= 0.3 is 0 Å². The van der Waals surface area contributed by atoms with E-state index in [1.807, 2.05) is 45.9 Å². The van der Waals surface area contributed by atoms with Crippen molar-refractivity contribution < 1.29 is 28.9 Å². The molecule has 0 aliphatic heterocycles. The highest BCUT2D eigenvalue weighted by Crippen LogP contribution is 2.32. The Morgan fingerprint density at radius 2 is 1.59 bits per heavy atom. The third kappa shape index (κ3) is 13.2. The van der Waals surface area contributed by atoms with Gasteiger partial charge in [-0.25, -0.2) is 0 Å². The smallest absolute Gasteiger partial charge is 0.242 e. The van der Waals surface area contributed by atoms with Crippen molar-refractivity contribution in [3.05, 3.63) is 23.8 Å². The summed E-state index contributed by atoms with van der Waals surface area (Å²) in [6.07, 6.45) is 1.54. The number of rotatable bonds is 19. The third-order valence-electron chi connectivity index (χ3n) is 7.62. The largest absolute Gasteiger partial charge is 0.493 e. The highest BCUT2D eigenvalue weighted by Gasteiger charge is 2.32. The van der Waals surface area contributed by atoms with E-state index in [-0.39, 0.29) is 48.4 Å². The first kappa shape index (κ1) is 38.9. The molecule has 9 nitrogen and oxygen atoms in total. The first-order valence-electron chi connectivity index (χ1n) is 14.6. The van der Waals surface area contributed by atoms with Crippen LogP contribution in [0.3, 0.4) is 0 Å². The number of methoxy groups -OCH3 is 2. The van der Waals surface area contributed by atoms with Gasteiger partial charge in [-0.1, -0.05) is 47.6 Å². The number of carbonyl (C=O) groups excluding carboxylic acids is 2. The molecule has 1 rings (SSSR count). The molecular formula is C31H56ClN3O6. The van der Waals surface area contributed by atoms with Crippen LogP contribution in [0.25, 0.3) is 0 Å². The topological polar surface area (TPSA) is 132 Å². The van der Waals surface area contributed by atoms with Crippen LogP contribution in [0.15, 0.2) is 18.2 Å². The van der Waals surface area contributed by atoms with Crippen molar-refractivity contribution >= 4 is 24.2 Å². The Kier molecular flexibility index (Phi) is 18.9. The van der Waals surface area contributed by atoms with E-state index >= 15 is 0 Å². The van der Waals surface area contributed by atoms with Gasteiger partial charge in [0.05, 0.1) is 19.8 Å². The zero-order chi connectivity index (χ0) is 30.4. The number of nitrogens with one attached hydrogen (secondary N) is 2. The van der Waals surface area contributed by atoms with Crippen molar-refractivity contribution in [2.45, 2.75) is 85.4 Å². The molecule has 5 atom stereocenters. The molecule has 0 spiro atoms. The van der Waals surface area contributed by atoms with Gasteiger partial charge in [0.2, 0.25) is 11.8 Å². The van der Waals surface area contributed by atoms with Crippen LogP contribution in [-0.2, 0) is 20.7 Å².